The highest BCUT2D eigenvalue weighted by Gasteiger charge is 2.11. The Hall–Kier alpha value is -3.57. The van der Waals surface area contributed by atoms with E-state index in [-0.39, 0.29) is 0 Å². The maximum Gasteiger partial charge on any atom is 0.168 e. The molecule has 2 heterocycles. The molecule has 0 unspecified atom stereocenters. The number of rotatable bonds is 7. The van der Waals surface area contributed by atoms with Crippen LogP contribution >= 0.6 is 11.8 Å². The Labute approximate surface area is 187 Å². The van der Waals surface area contributed by atoms with Crippen LogP contribution in [0.2, 0.25) is 0 Å². The summed E-state index contributed by atoms with van der Waals surface area (Å²) in [5, 5.41) is 9.48. The zero-order valence-electron chi connectivity index (χ0n) is 18.3. The Morgan fingerprint density at radius 1 is 1.32 bits per heavy atom. The van der Waals surface area contributed by atoms with Crippen molar-refractivity contribution >= 4 is 34.8 Å². The lowest BCUT2D eigenvalue weighted by molar-refractivity contribution is 0.414. The lowest BCUT2D eigenvalue weighted by atomic mass is 10.2. The van der Waals surface area contributed by atoms with Crippen LogP contribution in [-0.4, -0.2) is 39.3 Å². The number of nitrogens with zero attached hydrogens (tertiary/aromatic N) is 5. The van der Waals surface area contributed by atoms with Gasteiger partial charge in [-0.2, -0.15) is 10.2 Å². The molecule has 1 aromatic carbocycles. The molecule has 3 rings (SSSR count). The van der Waals surface area contributed by atoms with Gasteiger partial charge in [-0.3, -0.25) is 5.43 Å². The van der Waals surface area contributed by atoms with Crippen molar-refractivity contribution in [2.45, 2.75) is 20.8 Å². The second-order valence-electron chi connectivity index (χ2n) is 5.72. The quantitative estimate of drug-likeness (QED) is 0.242. The number of aromatic nitrogens is 4. The number of anilines is 1. The van der Waals surface area contributed by atoms with Gasteiger partial charge in [0.2, 0.25) is 0 Å². The van der Waals surface area contributed by atoms with E-state index in [9.17, 15) is 0 Å². The molecule has 31 heavy (non-hydrogen) atoms. The van der Waals surface area contributed by atoms with Crippen LogP contribution in [0.5, 0.6) is 5.75 Å². The summed E-state index contributed by atoms with van der Waals surface area (Å²) in [4.78, 5) is 9.45. The minimum absolute atomic E-state index is 0.548. The van der Waals surface area contributed by atoms with E-state index < -0.39 is 0 Å². The molecule has 0 saturated carbocycles. The van der Waals surface area contributed by atoms with Crippen molar-refractivity contribution in [2.24, 2.45) is 5.10 Å². The van der Waals surface area contributed by atoms with Gasteiger partial charge in [-0.15, -0.1) is 18.2 Å². The van der Waals surface area contributed by atoms with Gasteiger partial charge in [0.05, 0.1) is 35.5 Å². The third-order valence-corrected chi connectivity index (χ3v) is 4.74. The molecular weight excluding hydrogens is 408 g/mol. The molecule has 0 amide bonds. The van der Waals surface area contributed by atoms with Gasteiger partial charge >= 0.3 is 0 Å². The number of terminal acetylenes is 1. The number of allylic oxidation sites excluding steroid dienone is 4. The third-order valence-electron chi connectivity index (χ3n) is 3.98. The van der Waals surface area contributed by atoms with Crippen LogP contribution < -0.4 is 10.2 Å². The topological polar surface area (TPSA) is 77.2 Å². The molecule has 0 saturated heterocycles. The fourth-order valence-electron chi connectivity index (χ4n) is 2.64. The highest BCUT2D eigenvalue weighted by atomic mass is 32.2. The van der Waals surface area contributed by atoms with Crippen molar-refractivity contribution in [3.8, 4) is 23.8 Å². The third kappa shape index (κ3) is 5.74. The van der Waals surface area contributed by atoms with Crippen LogP contribution in [0.15, 0.2) is 64.5 Å². The van der Waals surface area contributed by atoms with Crippen LogP contribution in [0.4, 0.5) is 5.82 Å². The monoisotopic (exact) mass is 434 g/mol. The van der Waals surface area contributed by atoms with Crippen LogP contribution in [0, 0.1) is 12.3 Å². The summed E-state index contributed by atoms with van der Waals surface area (Å²) in [5.41, 5.74) is 5.30. The first-order chi connectivity index (χ1) is 15.2. The van der Waals surface area contributed by atoms with E-state index in [0.717, 1.165) is 27.3 Å². The van der Waals surface area contributed by atoms with Gasteiger partial charge in [-0.05, 0) is 25.3 Å². The van der Waals surface area contributed by atoms with Crippen molar-refractivity contribution in [2.75, 3.05) is 18.8 Å². The number of fused-ring (bicyclic) bond motifs is 1. The predicted octanol–water partition coefficient (Wildman–Crippen LogP) is 5.07. The molecule has 2 aromatic heterocycles. The molecule has 0 spiro atoms. The van der Waals surface area contributed by atoms with E-state index in [0.29, 0.717) is 11.5 Å². The molecule has 0 fully saturated rings. The predicted molar refractivity (Wildman–Crippen MR) is 131 cm³/mol. The molecular formula is C23H26N6OS. The highest BCUT2D eigenvalue weighted by molar-refractivity contribution is 8.02. The molecule has 0 bridgehead atoms. The second kappa shape index (κ2) is 12.2. The fraction of sp³-hybridized carbons (Fsp3) is 0.217. The molecule has 1 N–H and O–H groups in total. The molecule has 0 radical (unpaired) electrons. The molecule has 0 aliphatic heterocycles. The van der Waals surface area contributed by atoms with Gasteiger partial charge in [-0.1, -0.05) is 38.0 Å². The molecule has 8 heteroatoms. The number of hydrogen-bond acceptors (Lipinski definition) is 7. The van der Waals surface area contributed by atoms with Gasteiger partial charge in [-0.25, -0.2) is 14.6 Å². The first-order valence-electron chi connectivity index (χ1n) is 9.71. The van der Waals surface area contributed by atoms with Crippen molar-refractivity contribution in [1.82, 2.24) is 19.7 Å². The van der Waals surface area contributed by atoms with Gasteiger partial charge in [0.25, 0.3) is 0 Å². The van der Waals surface area contributed by atoms with Gasteiger partial charge in [0.15, 0.2) is 11.5 Å². The number of benzene rings is 1. The fourth-order valence-corrected chi connectivity index (χ4v) is 3.12. The van der Waals surface area contributed by atoms with E-state index in [1.807, 2.05) is 63.4 Å². The van der Waals surface area contributed by atoms with E-state index in [2.05, 4.69) is 31.5 Å². The Balaban J connectivity index is 0.00000166. The highest BCUT2D eigenvalue weighted by Crippen LogP contribution is 2.23. The summed E-state index contributed by atoms with van der Waals surface area (Å²) in [5.74, 6) is 3.96. The second-order valence-corrected chi connectivity index (χ2v) is 6.54. The van der Waals surface area contributed by atoms with Crippen LogP contribution in [0.1, 0.15) is 20.8 Å². The summed E-state index contributed by atoms with van der Waals surface area (Å²) >= 11 is 1.49. The Kier molecular flexibility index (Phi) is 9.33. The molecule has 0 atom stereocenters. The Bertz CT molecular complexity index is 1140. The number of ether oxygens (including phenoxy) is 1. The van der Waals surface area contributed by atoms with E-state index in [1.165, 1.54) is 18.1 Å². The van der Waals surface area contributed by atoms with Crippen molar-refractivity contribution in [3.05, 3.63) is 59.4 Å². The first kappa shape index (κ1) is 23.7. The van der Waals surface area contributed by atoms with Crippen LogP contribution in [-0.2, 0) is 0 Å². The molecule has 160 valence electrons. The average Bonchev–Trinajstić information content (AvgIpc) is 3.26. The number of hydrazone groups is 1. The summed E-state index contributed by atoms with van der Waals surface area (Å²) < 4.78 is 7.02. The lowest BCUT2D eigenvalue weighted by Gasteiger charge is -2.06. The molecule has 0 aliphatic carbocycles. The molecule has 0 aliphatic rings. The largest absolute Gasteiger partial charge is 0.497 e. The number of hydrogen-bond donors (Lipinski definition) is 1. The zero-order valence-corrected chi connectivity index (χ0v) is 19.1. The van der Waals surface area contributed by atoms with E-state index >= 15 is 0 Å². The van der Waals surface area contributed by atoms with Gasteiger partial charge < -0.3 is 4.74 Å². The van der Waals surface area contributed by atoms with Crippen molar-refractivity contribution < 1.29 is 4.74 Å². The maximum atomic E-state index is 5.57. The SMILES string of the molecule is C#C/C(SC)=C(\C=C/C)/C=N/Nc1ncnc2c1cnn2-c1cccc(OC)c1.CC. The smallest absolute Gasteiger partial charge is 0.168 e. The van der Waals surface area contributed by atoms with Crippen LogP contribution in [0.3, 0.4) is 0 Å². The number of thioether (sulfide) groups is 1. The van der Waals surface area contributed by atoms with Crippen LogP contribution in [0.25, 0.3) is 16.7 Å². The van der Waals surface area contributed by atoms with Crippen molar-refractivity contribution in [1.29, 1.82) is 0 Å². The van der Waals surface area contributed by atoms with Gasteiger partial charge in [0.1, 0.15) is 12.1 Å². The van der Waals surface area contributed by atoms with E-state index in [4.69, 9.17) is 11.2 Å². The van der Waals surface area contributed by atoms with E-state index in [1.54, 1.807) is 24.2 Å². The number of methoxy groups -OCH3 is 1. The van der Waals surface area contributed by atoms with Crippen molar-refractivity contribution in [3.63, 3.8) is 0 Å². The maximum absolute atomic E-state index is 5.57. The minimum atomic E-state index is 0.548. The summed E-state index contributed by atoms with van der Waals surface area (Å²) in [6.45, 7) is 5.93. The normalized spacial score (nSPS) is 11.7. The molecule has 3 aromatic rings. The Morgan fingerprint density at radius 3 is 2.81 bits per heavy atom. The summed E-state index contributed by atoms with van der Waals surface area (Å²) in [7, 11) is 1.63. The lowest BCUT2D eigenvalue weighted by Crippen LogP contribution is -2.00. The first-order valence-corrected chi connectivity index (χ1v) is 10.9. The molecule has 7 nitrogen and oxygen atoms in total. The summed E-state index contributed by atoms with van der Waals surface area (Å²) in [6, 6.07) is 7.59. The average molecular weight is 435 g/mol. The van der Waals surface area contributed by atoms with Gasteiger partial charge in [0, 0.05) is 11.6 Å². The number of nitrogens with one attached hydrogen (secondary N) is 1. The standard InChI is InChI=1S/C21H20N6OS.C2H6/c1-5-8-15(19(6-2)29-4)12-24-26-20-18-13-25-27(21(18)23-14-22-20)16-9-7-10-17(11-16)28-3;1-2/h2,5,7-14H,1,3-4H3,(H,22,23,26);1-2H3/b8-5-,19-15-,24-12+;. The minimum Gasteiger partial charge on any atom is -0.497 e. The summed E-state index contributed by atoms with van der Waals surface area (Å²) in [6.07, 6.45) is 16.2. The zero-order chi connectivity index (χ0) is 22.6. The Morgan fingerprint density at radius 2 is 2.13 bits per heavy atom.